The zero-order valence-corrected chi connectivity index (χ0v) is 12.6. The first-order valence-corrected chi connectivity index (χ1v) is 6.07. The highest BCUT2D eigenvalue weighted by Gasteiger charge is 2.04. The molecule has 0 aromatic heterocycles. The van der Waals surface area contributed by atoms with E-state index in [1.807, 2.05) is 25.2 Å². The van der Waals surface area contributed by atoms with Crippen molar-refractivity contribution in [3.8, 4) is 0 Å². The molecule has 1 rings (SSSR count). The summed E-state index contributed by atoms with van der Waals surface area (Å²) < 4.78 is 1.11. The van der Waals surface area contributed by atoms with Gasteiger partial charge in [0.25, 0.3) is 0 Å². The molecule has 0 unspecified atom stereocenters. The lowest BCUT2D eigenvalue weighted by atomic mass is 10.2. The van der Waals surface area contributed by atoms with Crippen LogP contribution in [-0.2, 0) is 6.54 Å². The predicted molar refractivity (Wildman–Crippen MR) is 76.7 cm³/mol. The van der Waals surface area contributed by atoms with E-state index in [2.05, 4.69) is 33.2 Å². The van der Waals surface area contributed by atoms with Crippen LogP contribution in [0.4, 0.5) is 0 Å². The summed E-state index contributed by atoms with van der Waals surface area (Å²) in [5.74, 6) is 0. The Morgan fingerprint density at radius 1 is 1.44 bits per heavy atom. The van der Waals surface area contributed by atoms with Crippen molar-refractivity contribution in [2.45, 2.75) is 6.54 Å². The van der Waals surface area contributed by atoms with Crippen molar-refractivity contribution in [2.75, 3.05) is 27.2 Å². The lowest BCUT2D eigenvalue weighted by Gasteiger charge is -2.17. The zero-order valence-electron chi connectivity index (χ0n) is 9.46. The second-order valence-corrected chi connectivity index (χ2v) is 4.87. The van der Waals surface area contributed by atoms with Gasteiger partial charge in [0, 0.05) is 29.1 Å². The molecular weight excluding hydrogens is 311 g/mol. The summed E-state index contributed by atoms with van der Waals surface area (Å²) in [6.07, 6.45) is 0. The first-order chi connectivity index (χ1) is 7.13. The van der Waals surface area contributed by atoms with E-state index >= 15 is 0 Å². The highest BCUT2D eigenvalue weighted by atomic mass is 79.9. The summed E-state index contributed by atoms with van der Waals surface area (Å²) in [4.78, 5) is 2.26. The van der Waals surface area contributed by atoms with Gasteiger partial charge in [0.15, 0.2) is 0 Å². The standard InChI is InChI=1S/C11H16BrClN2.ClH/c1-14-5-6-15(2)8-9-7-10(13)3-4-11(9)12;/h3-4,7,14H,5-6,8H2,1-2H3;1H. The van der Waals surface area contributed by atoms with Gasteiger partial charge in [-0.15, -0.1) is 12.4 Å². The lowest BCUT2D eigenvalue weighted by Crippen LogP contribution is -2.27. The predicted octanol–water partition coefficient (Wildman–Crippen LogP) is 3.18. The van der Waals surface area contributed by atoms with Crippen molar-refractivity contribution < 1.29 is 0 Å². The second-order valence-electron chi connectivity index (χ2n) is 3.58. The van der Waals surface area contributed by atoms with Gasteiger partial charge in [0.1, 0.15) is 0 Å². The van der Waals surface area contributed by atoms with Crippen molar-refractivity contribution >= 4 is 39.9 Å². The second kappa shape index (κ2) is 8.31. The Labute approximate surface area is 117 Å². The minimum absolute atomic E-state index is 0. The number of hydrogen-bond donors (Lipinski definition) is 1. The van der Waals surface area contributed by atoms with Gasteiger partial charge in [-0.3, -0.25) is 0 Å². The van der Waals surface area contributed by atoms with Crippen LogP contribution >= 0.6 is 39.9 Å². The molecule has 0 saturated heterocycles. The molecule has 1 N–H and O–H groups in total. The minimum Gasteiger partial charge on any atom is -0.318 e. The van der Waals surface area contributed by atoms with Crippen LogP contribution in [0.5, 0.6) is 0 Å². The minimum atomic E-state index is 0. The number of benzene rings is 1. The molecule has 0 aliphatic rings. The van der Waals surface area contributed by atoms with E-state index in [4.69, 9.17) is 11.6 Å². The molecule has 0 radical (unpaired) electrons. The third-order valence-corrected chi connectivity index (χ3v) is 3.20. The lowest BCUT2D eigenvalue weighted by molar-refractivity contribution is 0.327. The van der Waals surface area contributed by atoms with Crippen LogP contribution in [0.2, 0.25) is 5.02 Å². The third kappa shape index (κ3) is 5.51. The van der Waals surface area contributed by atoms with Crippen LogP contribution in [-0.4, -0.2) is 32.1 Å². The fraction of sp³-hybridized carbons (Fsp3) is 0.455. The fourth-order valence-electron chi connectivity index (χ4n) is 1.34. The van der Waals surface area contributed by atoms with E-state index < -0.39 is 0 Å². The van der Waals surface area contributed by atoms with Crippen LogP contribution in [0.25, 0.3) is 0 Å². The van der Waals surface area contributed by atoms with E-state index in [9.17, 15) is 0 Å². The molecular formula is C11H17BrCl2N2. The van der Waals surface area contributed by atoms with Gasteiger partial charge in [-0.25, -0.2) is 0 Å². The molecule has 1 aromatic carbocycles. The number of halogens is 3. The molecule has 0 bridgehead atoms. The van der Waals surface area contributed by atoms with Crippen molar-refractivity contribution in [2.24, 2.45) is 0 Å². The van der Waals surface area contributed by atoms with Crippen molar-refractivity contribution in [3.05, 3.63) is 33.3 Å². The average Bonchev–Trinajstić information content (AvgIpc) is 2.20. The van der Waals surface area contributed by atoms with Gasteiger partial charge in [-0.1, -0.05) is 27.5 Å². The molecule has 0 amide bonds. The molecule has 0 fully saturated rings. The van der Waals surface area contributed by atoms with E-state index in [0.29, 0.717) is 0 Å². The normalized spacial score (nSPS) is 10.3. The highest BCUT2D eigenvalue weighted by Crippen LogP contribution is 2.22. The van der Waals surface area contributed by atoms with E-state index in [1.54, 1.807) is 0 Å². The van der Waals surface area contributed by atoms with Gasteiger partial charge in [0.05, 0.1) is 0 Å². The first kappa shape index (κ1) is 16.2. The molecule has 1 aromatic rings. The maximum absolute atomic E-state index is 5.95. The summed E-state index contributed by atoms with van der Waals surface area (Å²) in [6.45, 7) is 2.92. The summed E-state index contributed by atoms with van der Waals surface area (Å²) in [6, 6.07) is 5.88. The van der Waals surface area contributed by atoms with Crippen LogP contribution in [0.15, 0.2) is 22.7 Å². The molecule has 0 atom stereocenters. The largest absolute Gasteiger partial charge is 0.318 e. The quantitative estimate of drug-likeness (QED) is 0.893. The molecule has 0 saturated carbocycles. The van der Waals surface area contributed by atoms with Crippen LogP contribution in [0.3, 0.4) is 0 Å². The van der Waals surface area contributed by atoms with Gasteiger partial charge in [-0.2, -0.15) is 0 Å². The number of rotatable bonds is 5. The van der Waals surface area contributed by atoms with Gasteiger partial charge in [-0.05, 0) is 37.9 Å². The molecule has 0 aliphatic heterocycles. The van der Waals surface area contributed by atoms with Gasteiger partial charge in [0.2, 0.25) is 0 Å². The summed E-state index contributed by atoms with van der Waals surface area (Å²) in [5, 5.41) is 3.92. The monoisotopic (exact) mass is 326 g/mol. The molecule has 2 nitrogen and oxygen atoms in total. The van der Waals surface area contributed by atoms with Gasteiger partial charge >= 0.3 is 0 Å². The number of nitrogens with zero attached hydrogens (tertiary/aromatic N) is 1. The van der Waals surface area contributed by atoms with E-state index in [-0.39, 0.29) is 12.4 Å². The Hall–Kier alpha value is 0.200. The topological polar surface area (TPSA) is 15.3 Å². The SMILES string of the molecule is CNCCN(C)Cc1cc(Cl)ccc1Br.Cl. The number of nitrogens with one attached hydrogen (secondary N) is 1. The summed E-state index contributed by atoms with van der Waals surface area (Å²) in [7, 11) is 4.06. The van der Waals surface area contributed by atoms with E-state index in [1.165, 1.54) is 5.56 Å². The molecule has 0 heterocycles. The van der Waals surface area contributed by atoms with Crippen molar-refractivity contribution in [1.29, 1.82) is 0 Å². The average molecular weight is 328 g/mol. The highest BCUT2D eigenvalue weighted by molar-refractivity contribution is 9.10. The first-order valence-electron chi connectivity index (χ1n) is 4.90. The molecule has 0 spiro atoms. The molecule has 5 heteroatoms. The molecule has 92 valence electrons. The molecule has 0 aliphatic carbocycles. The van der Waals surface area contributed by atoms with Crippen LogP contribution < -0.4 is 5.32 Å². The molecule has 16 heavy (non-hydrogen) atoms. The smallest absolute Gasteiger partial charge is 0.0410 e. The third-order valence-electron chi connectivity index (χ3n) is 2.19. The van der Waals surface area contributed by atoms with Gasteiger partial charge < -0.3 is 10.2 Å². The summed E-state index contributed by atoms with van der Waals surface area (Å²) in [5.41, 5.74) is 1.22. The summed E-state index contributed by atoms with van der Waals surface area (Å²) >= 11 is 9.48. The Bertz CT molecular complexity index is 321. The number of hydrogen-bond acceptors (Lipinski definition) is 2. The Balaban J connectivity index is 0.00000225. The Morgan fingerprint density at radius 3 is 2.75 bits per heavy atom. The van der Waals surface area contributed by atoms with Crippen molar-refractivity contribution in [3.63, 3.8) is 0 Å². The zero-order chi connectivity index (χ0) is 11.3. The van der Waals surface area contributed by atoms with Crippen LogP contribution in [0.1, 0.15) is 5.56 Å². The van der Waals surface area contributed by atoms with E-state index in [0.717, 1.165) is 29.1 Å². The van der Waals surface area contributed by atoms with Crippen LogP contribution in [0, 0.1) is 0 Å². The maximum atomic E-state index is 5.95. The number of likely N-dealkylation sites (N-methyl/N-ethyl adjacent to an activating group) is 2. The Kier molecular flexibility index (Phi) is 8.42. The maximum Gasteiger partial charge on any atom is 0.0410 e. The Morgan fingerprint density at radius 2 is 2.12 bits per heavy atom. The fourth-order valence-corrected chi connectivity index (χ4v) is 1.90. The van der Waals surface area contributed by atoms with Crippen molar-refractivity contribution in [1.82, 2.24) is 10.2 Å².